The molecule has 0 aliphatic carbocycles. The number of nitrogens with two attached hydrogens (primary N) is 2. The molecule has 1 heterocycles. The highest BCUT2D eigenvalue weighted by Gasteiger charge is 2.11. The number of anilines is 2. The molecule has 1 aromatic carbocycles. The van der Waals surface area contributed by atoms with Crippen LogP contribution in [0.4, 0.5) is 11.4 Å². The molecule has 0 saturated heterocycles. The summed E-state index contributed by atoms with van der Waals surface area (Å²) in [5, 5.41) is 0.967. The summed E-state index contributed by atoms with van der Waals surface area (Å²) in [5.74, 6) is -0.350. The first kappa shape index (κ1) is 12.2. The molecule has 1 aromatic heterocycles. The number of aromatic nitrogens is 1. The Labute approximate surface area is 105 Å². The van der Waals surface area contributed by atoms with E-state index >= 15 is 0 Å². The fourth-order valence-corrected chi connectivity index (χ4v) is 1.98. The Morgan fingerprint density at radius 3 is 2.83 bits per heavy atom. The van der Waals surface area contributed by atoms with Gasteiger partial charge in [0.05, 0.1) is 12.1 Å². The second kappa shape index (κ2) is 4.91. The van der Waals surface area contributed by atoms with Gasteiger partial charge in [0.2, 0.25) is 5.91 Å². The summed E-state index contributed by atoms with van der Waals surface area (Å²) < 4.78 is 0. The first-order valence-electron chi connectivity index (χ1n) is 5.79. The lowest BCUT2D eigenvalue weighted by atomic mass is 10.1. The van der Waals surface area contributed by atoms with Crippen molar-refractivity contribution in [1.82, 2.24) is 4.98 Å². The minimum absolute atomic E-state index is 0.194. The molecular weight excluding hydrogens is 228 g/mol. The van der Waals surface area contributed by atoms with Crippen LogP contribution >= 0.6 is 0 Å². The summed E-state index contributed by atoms with van der Waals surface area (Å²) in [4.78, 5) is 17.3. The average Bonchev–Trinajstić information content (AvgIpc) is 2.34. The molecule has 0 aliphatic heterocycles. The fraction of sp³-hybridized carbons (Fsp3) is 0.231. The quantitative estimate of drug-likeness (QED) is 0.789. The zero-order valence-electron chi connectivity index (χ0n) is 10.3. The summed E-state index contributed by atoms with van der Waals surface area (Å²) in [7, 11) is 0. The van der Waals surface area contributed by atoms with Crippen molar-refractivity contribution in [2.75, 3.05) is 23.7 Å². The minimum Gasteiger partial charge on any atom is -0.399 e. The van der Waals surface area contributed by atoms with Gasteiger partial charge >= 0.3 is 0 Å². The number of nitrogen functional groups attached to an aromatic ring is 1. The van der Waals surface area contributed by atoms with E-state index in [9.17, 15) is 4.79 Å². The smallest absolute Gasteiger partial charge is 0.236 e. The summed E-state index contributed by atoms with van der Waals surface area (Å²) in [6.45, 7) is 2.87. The molecule has 5 heteroatoms. The van der Waals surface area contributed by atoms with Crippen molar-refractivity contribution in [3.63, 3.8) is 0 Å². The number of carbonyl (C=O) groups excluding carboxylic acids is 1. The largest absolute Gasteiger partial charge is 0.399 e. The van der Waals surface area contributed by atoms with Crippen molar-refractivity contribution in [3.05, 3.63) is 30.5 Å². The van der Waals surface area contributed by atoms with E-state index < -0.39 is 0 Å². The topological polar surface area (TPSA) is 85.2 Å². The third-order valence-electron chi connectivity index (χ3n) is 2.81. The maximum atomic E-state index is 11.1. The van der Waals surface area contributed by atoms with Crippen molar-refractivity contribution >= 4 is 28.2 Å². The van der Waals surface area contributed by atoms with Gasteiger partial charge in [0.25, 0.3) is 0 Å². The highest BCUT2D eigenvalue weighted by molar-refractivity contribution is 5.94. The van der Waals surface area contributed by atoms with Crippen molar-refractivity contribution in [3.8, 4) is 0 Å². The Morgan fingerprint density at radius 2 is 2.17 bits per heavy atom. The molecule has 94 valence electrons. The van der Waals surface area contributed by atoms with Gasteiger partial charge in [-0.15, -0.1) is 0 Å². The van der Waals surface area contributed by atoms with Crippen LogP contribution in [0.5, 0.6) is 0 Å². The highest BCUT2D eigenvalue weighted by atomic mass is 16.1. The highest BCUT2D eigenvalue weighted by Crippen LogP contribution is 2.26. The molecule has 2 rings (SSSR count). The average molecular weight is 244 g/mol. The molecule has 18 heavy (non-hydrogen) atoms. The van der Waals surface area contributed by atoms with Gasteiger partial charge in [-0.05, 0) is 31.2 Å². The van der Waals surface area contributed by atoms with E-state index in [0.29, 0.717) is 12.2 Å². The first-order valence-corrected chi connectivity index (χ1v) is 5.79. The second-order valence-electron chi connectivity index (χ2n) is 4.09. The van der Waals surface area contributed by atoms with Crippen molar-refractivity contribution in [1.29, 1.82) is 0 Å². The van der Waals surface area contributed by atoms with E-state index in [1.165, 1.54) is 0 Å². The molecule has 0 atom stereocenters. The molecule has 0 radical (unpaired) electrons. The molecule has 0 fully saturated rings. The molecule has 0 spiro atoms. The maximum absolute atomic E-state index is 11.1. The summed E-state index contributed by atoms with van der Waals surface area (Å²) >= 11 is 0. The lowest BCUT2D eigenvalue weighted by molar-refractivity contribution is -0.116. The SMILES string of the molecule is CCN(CC(N)=O)c1ccnc2cc(N)ccc12. The van der Waals surface area contributed by atoms with Gasteiger partial charge < -0.3 is 16.4 Å². The van der Waals surface area contributed by atoms with E-state index in [1.807, 2.05) is 36.1 Å². The van der Waals surface area contributed by atoms with Gasteiger partial charge in [-0.2, -0.15) is 0 Å². The van der Waals surface area contributed by atoms with Gasteiger partial charge in [-0.3, -0.25) is 9.78 Å². The number of carbonyl (C=O) groups is 1. The number of nitrogens with zero attached hydrogens (tertiary/aromatic N) is 2. The van der Waals surface area contributed by atoms with Crippen LogP contribution in [-0.2, 0) is 4.79 Å². The Morgan fingerprint density at radius 1 is 1.39 bits per heavy atom. The van der Waals surface area contributed by atoms with Crippen LogP contribution in [-0.4, -0.2) is 24.0 Å². The number of likely N-dealkylation sites (N-methyl/N-ethyl adjacent to an activating group) is 1. The lowest BCUT2D eigenvalue weighted by Crippen LogP contribution is -2.33. The fourth-order valence-electron chi connectivity index (χ4n) is 1.98. The molecule has 0 unspecified atom stereocenters. The van der Waals surface area contributed by atoms with E-state index in [-0.39, 0.29) is 12.5 Å². The number of hydrogen-bond acceptors (Lipinski definition) is 4. The van der Waals surface area contributed by atoms with E-state index in [2.05, 4.69) is 4.98 Å². The van der Waals surface area contributed by atoms with Gasteiger partial charge in [-0.25, -0.2) is 0 Å². The van der Waals surface area contributed by atoms with Crippen LogP contribution in [0.1, 0.15) is 6.92 Å². The number of rotatable bonds is 4. The van der Waals surface area contributed by atoms with Gasteiger partial charge in [-0.1, -0.05) is 0 Å². The predicted molar refractivity (Wildman–Crippen MR) is 73.2 cm³/mol. The van der Waals surface area contributed by atoms with E-state index in [0.717, 1.165) is 16.6 Å². The molecule has 2 aromatic rings. The molecular formula is C13H16N4O. The van der Waals surface area contributed by atoms with Crippen molar-refractivity contribution in [2.45, 2.75) is 6.92 Å². The van der Waals surface area contributed by atoms with Crippen LogP contribution in [0.25, 0.3) is 10.9 Å². The summed E-state index contributed by atoms with van der Waals surface area (Å²) in [6, 6.07) is 7.43. The number of benzene rings is 1. The number of pyridine rings is 1. The van der Waals surface area contributed by atoms with Gasteiger partial charge in [0, 0.05) is 29.5 Å². The Kier molecular flexibility index (Phi) is 3.32. The Bertz CT molecular complexity index is 582. The van der Waals surface area contributed by atoms with Gasteiger partial charge in [0.1, 0.15) is 0 Å². The van der Waals surface area contributed by atoms with E-state index in [1.54, 1.807) is 6.20 Å². The Hall–Kier alpha value is -2.30. The van der Waals surface area contributed by atoms with Crippen LogP contribution < -0.4 is 16.4 Å². The lowest BCUT2D eigenvalue weighted by Gasteiger charge is -2.22. The molecule has 0 saturated carbocycles. The minimum atomic E-state index is -0.350. The summed E-state index contributed by atoms with van der Waals surface area (Å²) in [6.07, 6.45) is 1.71. The molecule has 4 N–H and O–H groups in total. The summed E-state index contributed by atoms with van der Waals surface area (Å²) in [5.41, 5.74) is 13.4. The normalized spacial score (nSPS) is 10.5. The number of primary amides is 1. The van der Waals surface area contributed by atoms with Crippen molar-refractivity contribution in [2.24, 2.45) is 5.73 Å². The molecule has 0 bridgehead atoms. The second-order valence-corrected chi connectivity index (χ2v) is 4.09. The zero-order chi connectivity index (χ0) is 13.1. The van der Waals surface area contributed by atoms with Crippen molar-refractivity contribution < 1.29 is 4.79 Å². The maximum Gasteiger partial charge on any atom is 0.236 e. The van der Waals surface area contributed by atoms with E-state index in [4.69, 9.17) is 11.5 Å². The van der Waals surface area contributed by atoms with Crippen LogP contribution in [0.2, 0.25) is 0 Å². The van der Waals surface area contributed by atoms with Crippen LogP contribution in [0.15, 0.2) is 30.5 Å². The third kappa shape index (κ3) is 2.34. The monoisotopic (exact) mass is 244 g/mol. The number of amides is 1. The van der Waals surface area contributed by atoms with Gasteiger partial charge in [0.15, 0.2) is 0 Å². The zero-order valence-corrected chi connectivity index (χ0v) is 10.3. The van der Waals surface area contributed by atoms with Crippen LogP contribution in [0, 0.1) is 0 Å². The molecule has 1 amide bonds. The molecule has 5 nitrogen and oxygen atoms in total. The first-order chi connectivity index (χ1) is 8.61. The molecule has 0 aliphatic rings. The predicted octanol–water partition coefficient (Wildman–Crippen LogP) is 1.13. The number of fused-ring (bicyclic) bond motifs is 1. The Balaban J connectivity index is 2.52. The standard InChI is InChI=1S/C13H16N4O/c1-2-17(8-13(15)18)12-5-6-16-11-7-9(14)3-4-10(11)12/h3-7H,2,8,14H2,1H3,(H2,15,18). The van der Waals surface area contributed by atoms with Crippen LogP contribution in [0.3, 0.4) is 0 Å². The number of hydrogen-bond donors (Lipinski definition) is 2. The third-order valence-corrected chi connectivity index (χ3v) is 2.81.